The SMILES string of the molecule is COc1ccc2nc(NC(=O)CSc3cccc(NC(=O)/C(=C\c4cccc(OC)c4OC)NC(=O)c4ccccc4)c3)sc2c1. The standard InChI is InChI=1S/C34H30N4O6S2/c1-42-24-15-16-26-29(19-24)46-34(37-26)38-30(39)20-45-25-13-8-12-23(18-25)35-33(41)27(36-32(40)21-9-5-4-6-10-21)17-22-11-7-14-28(43-2)31(22)44-3/h4-19H,20H2,1-3H3,(H,35,41)(H,36,40)(H,37,38,39)/b27-17+. The second-order valence-corrected chi connectivity index (χ2v) is 11.7. The van der Waals surface area contributed by atoms with E-state index < -0.39 is 11.8 Å². The molecule has 46 heavy (non-hydrogen) atoms. The third-order valence-corrected chi connectivity index (χ3v) is 8.49. The van der Waals surface area contributed by atoms with Crippen LogP contribution in [0.15, 0.2) is 102 Å². The molecule has 0 fully saturated rings. The van der Waals surface area contributed by atoms with Gasteiger partial charge in [-0.15, -0.1) is 11.8 Å². The number of amides is 3. The Balaban J connectivity index is 1.29. The van der Waals surface area contributed by atoms with Crippen LogP contribution in [-0.4, -0.2) is 49.8 Å². The molecule has 0 spiro atoms. The van der Waals surface area contributed by atoms with Gasteiger partial charge in [0.15, 0.2) is 16.6 Å². The molecule has 0 saturated heterocycles. The number of nitrogens with one attached hydrogen (secondary N) is 3. The lowest BCUT2D eigenvalue weighted by molar-refractivity contribution is -0.114. The first-order valence-electron chi connectivity index (χ1n) is 13.9. The highest BCUT2D eigenvalue weighted by Gasteiger charge is 2.18. The van der Waals surface area contributed by atoms with Crippen molar-refractivity contribution >= 4 is 67.9 Å². The number of aromatic nitrogens is 1. The van der Waals surface area contributed by atoms with Gasteiger partial charge < -0.3 is 30.2 Å². The van der Waals surface area contributed by atoms with Gasteiger partial charge in [-0.25, -0.2) is 4.98 Å². The van der Waals surface area contributed by atoms with Gasteiger partial charge in [0.25, 0.3) is 11.8 Å². The fraction of sp³-hybridized carbons (Fsp3) is 0.118. The number of fused-ring (bicyclic) bond motifs is 1. The Bertz CT molecular complexity index is 1910. The minimum absolute atomic E-state index is 0.00806. The first-order valence-corrected chi connectivity index (χ1v) is 15.7. The molecule has 0 radical (unpaired) electrons. The molecular formula is C34H30N4O6S2. The number of carbonyl (C=O) groups is 3. The summed E-state index contributed by atoms with van der Waals surface area (Å²) in [5.41, 5.74) is 2.17. The van der Waals surface area contributed by atoms with Gasteiger partial charge >= 0.3 is 0 Å². The molecule has 0 saturated carbocycles. The third-order valence-electron chi connectivity index (χ3n) is 6.57. The highest BCUT2D eigenvalue weighted by atomic mass is 32.2. The molecule has 1 aromatic heterocycles. The number of thiazole rings is 1. The molecule has 0 aliphatic carbocycles. The topological polar surface area (TPSA) is 128 Å². The van der Waals surface area contributed by atoms with Crippen LogP contribution >= 0.6 is 23.1 Å². The van der Waals surface area contributed by atoms with Crippen LogP contribution in [0.4, 0.5) is 10.8 Å². The molecule has 1 heterocycles. The number of para-hydroxylation sites is 1. The average Bonchev–Trinajstić information content (AvgIpc) is 3.48. The molecule has 0 aliphatic heterocycles. The Morgan fingerprint density at radius 2 is 1.65 bits per heavy atom. The molecule has 3 amide bonds. The summed E-state index contributed by atoms with van der Waals surface area (Å²) in [4.78, 5) is 44.6. The van der Waals surface area contributed by atoms with E-state index in [0.29, 0.717) is 33.4 Å². The van der Waals surface area contributed by atoms with Crippen molar-refractivity contribution in [3.63, 3.8) is 0 Å². The Hall–Kier alpha value is -5.33. The molecule has 5 aromatic rings. The molecule has 0 bridgehead atoms. The summed E-state index contributed by atoms with van der Waals surface area (Å²) in [7, 11) is 4.61. The molecule has 12 heteroatoms. The maximum absolute atomic E-state index is 13.6. The molecular weight excluding hydrogens is 625 g/mol. The first-order chi connectivity index (χ1) is 22.4. The summed E-state index contributed by atoms with van der Waals surface area (Å²) >= 11 is 2.67. The summed E-state index contributed by atoms with van der Waals surface area (Å²) < 4.78 is 17.1. The van der Waals surface area contributed by atoms with Gasteiger partial charge in [0, 0.05) is 21.7 Å². The normalized spacial score (nSPS) is 11.1. The van der Waals surface area contributed by atoms with Crippen molar-refractivity contribution in [2.45, 2.75) is 4.90 Å². The van der Waals surface area contributed by atoms with E-state index in [1.54, 1.807) is 73.8 Å². The lowest BCUT2D eigenvalue weighted by Crippen LogP contribution is -2.30. The molecule has 4 aromatic carbocycles. The predicted octanol–water partition coefficient (Wildman–Crippen LogP) is 6.46. The number of ether oxygens (including phenoxy) is 3. The highest BCUT2D eigenvalue weighted by Crippen LogP contribution is 2.33. The van der Waals surface area contributed by atoms with Gasteiger partial charge in [-0.1, -0.05) is 47.7 Å². The van der Waals surface area contributed by atoms with Crippen molar-refractivity contribution in [2.24, 2.45) is 0 Å². The van der Waals surface area contributed by atoms with Crippen LogP contribution in [0.25, 0.3) is 16.3 Å². The molecule has 0 aliphatic rings. The van der Waals surface area contributed by atoms with Gasteiger partial charge in [-0.3, -0.25) is 14.4 Å². The smallest absolute Gasteiger partial charge is 0.272 e. The second kappa shape index (κ2) is 15.1. The van der Waals surface area contributed by atoms with Crippen LogP contribution in [-0.2, 0) is 9.59 Å². The highest BCUT2D eigenvalue weighted by molar-refractivity contribution is 8.00. The van der Waals surface area contributed by atoms with E-state index in [0.717, 1.165) is 20.9 Å². The molecule has 0 atom stereocenters. The Labute approximate surface area is 273 Å². The number of thioether (sulfide) groups is 1. The van der Waals surface area contributed by atoms with E-state index in [1.165, 1.54) is 43.4 Å². The quantitative estimate of drug-likeness (QED) is 0.103. The number of hydrogen-bond acceptors (Lipinski definition) is 9. The third kappa shape index (κ3) is 8.03. The van der Waals surface area contributed by atoms with E-state index in [9.17, 15) is 14.4 Å². The number of nitrogens with zero attached hydrogens (tertiary/aromatic N) is 1. The maximum Gasteiger partial charge on any atom is 0.272 e. The summed E-state index contributed by atoms with van der Waals surface area (Å²) in [6.45, 7) is 0. The molecule has 3 N–H and O–H groups in total. The number of carbonyl (C=O) groups excluding carboxylic acids is 3. The van der Waals surface area contributed by atoms with Crippen LogP contribution in [0, 0.1) is 0 Å². The minimum Gasteiger partial charge on any atom is -0.497 e. The monoisotopic (exact) mass is 654 g/mol. The zero-order chi connectivity index (χ0) is 32.5. The number of methoxy groups -OCH3 is 3. The van der Waals surface area contributed by atoms with Gasteiger partial charge in [-0.2, -0.15) is 0 Å². The van der Waals surface area contributed by atoms with E-state index >= 15 is 0 Å². The van der Waals surface area contributed by atoms with Crippen LogP contribution in [0.3, 0.4) is 0 Å². The first kappa shape index (κ1) is 32.1. The summed E-state index contributed by atoms with van der Waals surface area (Å²) in [5, 5.41) is 8.92. The Morgan fingerprint density at radius 3 is 2.41 bits per heavy atom. The van der Waals surface area contributed by atoms with Gasteiger partial charge in [-0.05, 0) is 60.7 Å². The van der Waals surface area contributed by atoms with Crippen LogP contribution in [0.2, 0.25) is 0 Å². The fourth-order valence-electron chi connectivity index (χ4n) is 4.38. The van der Waals surface area contributed by atoms with Crippen molar-refractivity contribution in [3.8, 4) is 17.2 Å². The average molecular weight is 655 g/mol. The van der Waals surface area contributed by atoms with Crippen LogP contribution in [0.5, 0.6) is 17.2 Å². The predicted molar refractivity (Wildman–Crippen MR) is 182 cm³/mol. The second-order valence-electron chi connectivity index (χ2n) is 9.63. The van der Waals surface area contributed by atoms with Crippen molar-refractivity contribution in [1.82, 2.24) is 10.3 Å². The number of benzene rings is 4. The summed E-state index contributed by atoms with van der Waals surface area (Å²) in [5.74, 6) is 0.510. The molecule has 5 rings (SSSR count). The van der Waals surface area contributed by atoms with E-state index in [1.807, 2.05) is 24.3 Å². The van der Waals surface area contributed by atoms with Gasteiger partial charge in [0.2, 0.25) is 5.91 Å². The van der Waals surface area contributed by atoms with E-state index in [4.69, 9.17) is 14.2 Å². The van der Waals surface area contributed by atoms with E-state index in [2.05, 4.69) is 20.9 Å². The minimum atomic E-state index is -0.554. The van der Waals surface area contributed by atoms with Crippen molar-refractivity contribution in [1.29, 1.82) is 0 Å². The maximum atomic E-state index is 13.6. The van der Waals surface area contributed by atoms with Crippen molar-refractivity contribution in [3.05, 3.63) is 108 Å². The number of anilines is 2. The van der Waals surface area contributed by atoms with Crippen molar-refractivity contribution < 1.29 is 28.6 Å². The number of rotatable bonds is 12. The Kier molecular flexibility index (Phi) is 10.5. The molecule has 0 unspecified atom stereocenters. The van der Waals surface area contributed by atoms with Gasteiger partial charge in [0.1, 0.15) is 11.4 Å². The zero-order valence-corrected chi connectivity index (χ0v) is 26.8. The lowest BCUT2D eigenvalue weighted by atomic mass is 10.1. The zero-order valence-electron chi connectivity index (χ0n) is 25.2. The number of hydrogen-bond donors (Lipinski definition) is 3. The van der Waals surface area contributed by atoms with E-state index in [-0.39, 0.29) is 17.4 Å². The lowest BCUT2D eigenvalue weighted by Gasteiger charge is -2.14. The summed E-state index contributed by atoms with van der Waals surface area (Å²) in [6, 6.07) is 26.4. The van der Waals surface area contributed by atoms with Crippen LogP contribution in [0.1, 0.15) is 15.9 Å². The van der Waals surface area contributed by atoms with Gasteiger partial charge in [0.05, 0.1) is 37.3 Å². The summed E-state index contributed by atoms with van der Waals surface area (Å²) in [6.07, 6.45) is 1.53. The molecule has 10 nitrogen and oxygen atoms in total. The molecule has 234 valence electrons. The largest absolute Gasteiger partial charge is 0.497 e. The fourth-order valence-corrected chi connectivity index (χ4v) is 6.04. The Morgan fingerprint density at radius 1 is 0.848 bits per heavy atom. The van der Waals surface area contributed by atoms with Crippen LogP contribution < -0.4 is 30.2 Å². The van der Waals surface area contributed by atoms with Crippen molar-refractivity contribution in [2.75, 3.05) is 37.7 Å².